The SMILES string of the molecule is Cc1cccc(Cn2cc(N)c(C3CCCCC3)n2)c1. The number of aromatic nitrogens is 2. The first-order valence-corrected chi connectivity index (χ1v) is 7.61. The van der Waals surface area contributed by atoms with Gasteiger partial charge < -0.3 is 5.73 Å². The van der Waals surface area contributed by atoms with Crippen molar-refractivity contribution in [1.82, 2.24) is 9.78 Å². The third-order valence-corrected chi connectivity index (χ3v) is 4.24. The number of rotatable bonds is 3. The fraction of sp³-hybridized carbons (Fsp3) is 0.471. The number of hydrogen-bond donors (Lipinski definition) is 1. The molecule has 2 aromatic rings. The molecule has 0 aliphatic heterocycles. The number of nitrogens with zero attached hydrogens (tertiary/aromatic N) is 2. The molecule has 3 nitrogen and oxygen atoms in total. The van der Waals surface area contributed by atoms with E-state index in [-0.39, 0.29) is 0 Å². The van der Waals surface area contributed by atoms with E-state index in [1.165, 1.54) is 43.2 Å². The van der Waals surface area contributed by atoms with Gasteiger partial charge in [0.15, 0.2) is 0 Å². The predicted octanol–water partition coefficient (Wildman–Crippen LogP) is 3.87. The van der Waals surface area contributed by atoms with Gasteiger partial charge in [0, 0.05) is 12.1 Å². The van der Waals surface area contributed by atoms with Crippen LogP contribution in [-0.4, -0.2) is 9.78 Å². The molecule has 1 aliphatic rings. The van der Waals surface area contributed by atoms with Crippen LogP contribution in [0.4, 0.5) is 5.69 Å². The maximum Gasteiger partial charge on any atom is 0.0884 e. The molecular weight excluding hydrogens is 246 g/mol. The van der Waals surface area contributed by atoms with Gasteiger partial charge in [-0.15, -0.1) is 0 Å². The highest BCUT2D eigenvalue weighted by Gasteiger charge is 2.20. The number of aryl methyl sites for hydroxylation is 1. The molecule has 1 heterocycles. The summed E-state index contributed by atoms with van der Waals surface area (Å²) >= 11 is 0. The van der Waals surface area contributed by atoms with Crippen LogP contribution in [0.3, 0.4) is 0 Å². The lowest BCUT2D eigenvalue weighted by Crippen LogP contribution is -2.08. The normalized spacial score (nSPS) is 16.4. The van der Waals surface area contributed by atoms with E-state index in [0.29, 0.717) is 5.92 Å². The first-order chi connectivity index (χ1) is 9.72. The molecule has 1 aromatic carbocycles. The Balaban J connectivity index is 1.78. The Kier molecular flexibility index (Phi) is 3.77. The van der Waals surface area contributed by atoms with Crippen LogP contribution in [0.1, 0.15) is 54.8 Å². The summed E-state index contributed by atoms with van der Waals surface area (Å²) in [5, 5.41) is 4.75. The Hall–Kier alpha value is -1.77. The van der Waals surface area contributed by atoms with E-state index in [0.717, 1.165) is 17.9 Å². The van der Waals surface area contributed by atoms with Crippen molar-refractivity contribution in [3.63, 3.8) is 0 Å². The van der Waals surface area contributed by atoms with Crippen molar-refractivity contribution in [3.05, 3.63) is 47.3 Å². The number of nitrogen functional groups attached to an aromatic ring is 1. The van der Waals surface area contributed by atoms with Crippen molar-refractivity contribution in [2.75, 3.05) is 5.73 Å². The molecule has 1 saturated carbocycles. The average Bonchev–Trinajstić information content (AvgIpc) is 2.80. The maximum absolute atomic E-state index is 6.17. The smallest absolute Gasteiger partial charge is 0.0884 e. The molecule has 0 spiro atoms. The van der Waals surface area contributed by atoms with Crippen LogP contribution in [0, 0.1) is 6.92 Å². The van der Waals surface area contributed by atoms with Gasteiger partial charge in [0.05, 0.1) is 17.9 Å². The van der Waals surface area contributed by atoms with Gasteiger partial charge in [-0.2, -0.15) is 5.10 Å². The molecule has 1 aromatic heterocycles. The number of benzene rings is 1. The highest BCUT2D eigenvalue weighted by Crippen LogP contribution is 2.34. The fourth-order valence-corrected chi connectivity index (χ4v) is 3.22. The van der Waals surface area contributed by atoms with Crippen LogP contribution in [0.2, 0.25) is 0 Å². The van der Waals surface area contributed by atoms with Crippen LogP contribution in [0.15, 0.2) is 30.5 Å². The predicted molar refractivity (Wildman–Crippen MR) is 82.7 cm³/mol. The van der Waals surface area contributed by atoms with Gasteiger partial charge in [-0.3, -0.25) is 4.68 Å². The third kappa shape index (κ3) is 2.87. The van der Waals surface area contributed by atoms with Crippen LogP contribution >= 0.6 is 0 Å². The van der Waals surface area contributed by atoms with E-state index < -0.39 is 0 Å². The topological polar surface area (TPSA) is 43.8 Å². The monoisotopic (exact) mass is 269 g/mol. The van der Waals surface area contributed by atoms with E-state index in [1.54, 1.807) is 0 Å². The molecule has 1 aliphatic carbocycles. The Bertz CT molecular complexity index is 580. The second-order valence-corrected chi connectivity index (χ2v) is 5.99. The molecule has 3 rings (SSSR count). The van der Waals surface area contributed by atoms with Gasteiger partial charge in [-0.25, -0.2) is 0 Å². The van der Waals surface area contributed by atoms with Gasteiger partial charge in [0.1, 0.15) is 0 Å². The van der Waals surface area contributed by atoms with E-state index in [9.17, 15) is 0 Å². The standard InChI is InChI=1S/C17H23N3/c1-13-6-5-7-14(10-13)11-20-12-16(18)17(19-20)15-8-3-2-4-9-15/h5-7,10,12,15H,2-4,8-9,11,18H2,1H3. The minimum absolute atomic E-state index is 0.572. The van der Waals surface area contributed by atoms with E-state index in [4.69, 9.17) is 10.8 Å². The minimum Gasteiger partial charge on any atom is -0.396 e. The first kappa shape index (κ1) is 13.2. The number of nitrogens with two attached hydrogens (primary N) is 1. The zero-order valence-electron chi connectivity index (χ0n) is 12.2. The molecule has 3 heteroatoms. The molecule has 0 atom stereocenters. The van der Waals surface area contributed by atoms with Gasteiger partial charge >= 0.3 is 0 Å². The third-order valence-electron chi connectivity index (χ3n) is 4.24. The summed E-state index contributed by atoms with van der Waals surface area (Å²) in [6, 6.07) is 8.57. The first-order valence-electron chi connectivity index (χ1n) is 7.61. The summed E-state index contributed by atoms with van der Waals surface area (Å²) in [6.07, 6.45) is 8.47. The second-order valence-electron chi connectivity index (χ2n) is 5.99. The van der Waals surface area contributed by atoms with Crippen molar-refractivity contribution in [1.29, 1.82) is 0 Å². The zero-order chi connectivity index (χ0) is 13.9. The lowest BCUT2D eigenvalue weighted by molar-refractivity contribution is 0.433. The Morgan fingerprint density at radius 2 is 2.05 bits per heavy atom. The summed E-state index contributed by atoms with van der Waals surface area (Å²) in [7, 11) is 0. The number of anilines is 1. The molecule has 106 valence electrons. The van der Waals surface area contributed by atoms with Crippen molar-refractivity contribution in [2.24, 2.45) is 0 Å². The van der Waals surface area contributed by atoms with Gasteiger partial charge in [0.2, 0.25) is 0 Å². The van der Waals surface area contributed by atoms with E-state index >= 15 is 0 Å². The fourth-order valence-electron chi connectivity index (χ4n) is 3.22. The van der Waals surface area contributed by atoms with Gasteiger partial charge in [-0.05, 0) is 25.3 Å². The summed E-state index contributed by atoms with van der Waals surface area (Å²) < 4.78 is 1.99. The van der Waals surface area contributed by atoms with E-state index in [2.05, 4.69) is 31.2 Å². The summed E-state index contributed by atoms with van der Waals surface area (Å²) in [5.41, 5.74) is 10.7. The Morgan fingerprint density at radius 3 is 2.80 bits per heavy atom. The zero-order valence-corrected chi connectivity index (χ0v) is 12.2. The lowest BCUT2D eigenvalue weighted by Gasteiger charge is -2.20. The van der Waals surface area contributed by atoms with Crippen LogP contribution in [-0.2, 0) is 6.54 Å². The number of hydrogen-bond acceptors (Lipinski definition) is 2. The Labute approximate surface area is 120 Å². The molecule has 0 amide bonds. The van der Waals surface area contributed by atoms with Crippen molar-refractivity contribution < 1.29 is 0 Å². The molecule has 0 unspecified atom stereocenters. The minimum atomic E-state index is 0.572. The highest BCUT2D eigenvalue weighted by atomic mass is 15.3. The molecule has 0 saturated heterocycles. The molecular formula is C17H23N3. The summed E-state index contributed by atoms with van der Waals surface area (Å²) in [6.45, 7) is 2.92. The average molecular weight is 269 g/mol. The van der Waals surface area contributed by atoms with Crippen LogP contribution in [0.5, 0.6) is 0 Å². The molecule has 1 fully saturated rings. The molecule has 0 radical (unpaired) electrons. The van der Waals surface area contributed by atoms with Crippen molar-refractivity contribution >= 4 is 5.69 Å². The quantitative estimate of drug-likeness (QED) is 0.919. The maximum atomic E-state index is 6.17. The highest BCUT2D eigenvalue weighted by molar-refractivity contribution is 5.43. The summed E-state index contributed by atoms with van der Waals surface area (Å²) in [5.74, 6) is 0.572. The van der Waals surface area contributed by atoms with Crippen molar-refractivity contribution in [3.8, 4) is 0 Å². The lowest BCUT2D eigenvalue weighted by atomic mass is 9.86. The molecule has 0 bridgehead atoms. The molecule has 2 N–H and O–H groups in total. The van der Waals surface area contributed by atoms with E-state index in [1.807, 2.05) is 10.9 Å². The molecule has 20 heavy (non-hydrogen) atoms. The van der Waals surface area contributed by atoms with Crippen molar-refractivity contribution in [2.45, 2.75) is 51.5 Å². The largest absolute Gasteiger partial charge is 0.396 e. The van der Waals surface area contributed by atoms with Gasteiger partial charge in [0.25, 0.3) is 0 Å². The second kappa shape index (κ2) is 5.70. The Morgan fingerprint density at radius 1 is 1.25 bits per heavy atom. The van der Waals surface area contributed by atoms with Crippen LogP contribution < -0.4 is 5.73 Å². The van der Waals surface area contributed by atoms with Crippen LogP contribution in [0.25, 0.3) is 0 Å². The van der Waals surface area contributed by atoms with Gasteiger partial charge in [-0.1, -0.05) is 49.1 Å². The summed E-state index contributed by atoms with van der Waals surface area (Å²) in [4.78, 5) is 0.